The highest BCUT2D eigenvalue weighted by atomic mass is 16.5. The van der Waals surface area contributed by atoms with Gasteiger partial charge in [-0.3, -0.25) is 0 Å². The second-order valence-corrected chi connectivity index (χ2v) is 4.97. The maximum absolute atomic E-state index is 5.94. The molecule has 3 heteroatoms. The van der Waals surface area contributed by atoms with Crippen molar-refractivity contribution in [2.75, 3.05) is 19.5 Å². The highest BCUT2D eigenvalue weighted by Gasteiger charge is 2.21. The molecule has 1 aromatic carbocycles. The summed E-state index contributed by atoms with van der Waals surface area (Å²) in [5.74, 6) is 0. The first-order chi connectivity index (χ1) is 8.79. The Hall–Kier alpha value is -1.06. The Bertz CT molecular complexity index is 367. The molecule has 0 radical (unpaired) electrons. The van der Waals surface area contributed by atoms with Gasteiger partial charge in [0.05, 0.1) is 18.8 Å². The monoisotopic (exact) mass is 249 g/mol. The summed E-state index contributed by atoms with van der Waals surface area (Å²) in [7, 11) is 1.79. The predicted molar refractivity (Wildman–Crippen MR) is 73.6 cm³/mol. The van der Waals surface area contributed by atoms with Gasteiger partial charge < -0.3 is 15.2 Å². The van der Waals surface area contributed by atoms with Crippen LogP contribution in [0.25, 0.3) is 0 Å². The van der Waals surface area contributed by atoms with Crippen molar-refractivity contribution in [2.24, 2.45) is 0 Å². The van der Waals surface area contributed by atoms with E-state index in [2.05, 4.69) is 6.07 Å². The number of ether oxygens (including phenoxy) is 2. The zero-order valence-corrected chi connectivity index (χ0v) is 11.1. The molecule has 18 heavy (non-hydrogen) atoms. The molecule has 0 saturated heterocycles. The lowest BCUT2D eigenvalue weighted by Crippen LogP contribution is -2.28. The van der Waals surface area contributed by atoms with Gasteiger partial charge in [0.1, 0.15) is 0 Å². The van der Waals surface area contributed by atoms with E-state index in [4.69, 9.17) is 15.2 Å². The van der Waals surface area contributed by atoms with Gasteiger partial charge in [-0.1, -0.05) is 18.2 Å². The molecule has 2 rings (SSSR count). The summed E-state index contributed by atoms with van der Waals surface area (Å²) in [5, 5.41) is 0. The van der Waals surface area contributed by atoms with E-state index >= 15 is 0 Å². The maximum atomic E-state index is 5.94. The Labute approximate surface area is 109 Å². The van der Waals surface area contributed by atoms with Gasteiger partial charge in [-0.2, -0.15) is 0 Å². The Kier molecular flexibility index (Phi) is 5.02. The molecule has 0 aliphatic heterocycles. The Morgan fingerprint density at radius 2 is 2.00 bits per heavy atom. The minimum absolute atomic E-state index is 0.355. The number of nitrogen functional groups attached to an aromatic ring is 1. The highest BCUT2D eigenvalue weighted by Crippen LogP contribution is 2.23. The summed E-state index contributed by atoms with van der Waals surface area (Å²) in [6.45, 7) is 0.745. The third-order valence-electron chi connectivity index (χ3n) is 3.69. The number of hydrogen-bond donors (Lipinski definition) is 1. The number of para-hydroxylation sites is 1. The van der Waals surface area contributed by atoms with Crippen LogP contribution >= 0.6 is 0 Å². The lowest BCUT2D eigenvalue weighted by molar-refractivity contribution is -0.0283. The van der Waals surface area contributed by atoms with Crippen LogP contribution in [-0.4, -0.2) is 25.9 Å². The molecule has 1 aromatic rings. The van der Waals surface area contributed by atoms with Gasteiger partial charge >= 0.3 is 0 Å². The van der Waals surface area contributed by atoms with E-state index in [1.165, 1.54) is 18.4 Å². The average molecular weight is 249 g/mol. The van der Waals surface area contributed by atoms with Crippen LogP contribution in [0.3, 0.4) is 0 Å². The van der Waals surface area contributed by atoms with E-state index in [-0.39, 0.29) is 0 Å². The van der Waals surface area contributed by atoms with Gasteiger partial charge in [0.15, 0.2) is 0 Å². The minimum atomic E-state index is 0.355. The van der Waals surface area contributed by atoms with E-state index in [0.29, 0.717) is 12.2 Å². The lowest BCUT2D eigenvalue weighted by Gasteiger charge is -2.28. The van der Waals surface area contributed by atoms with Crippen molar-refractivity contribution in [1.29, 1.82) is 0 Å². The lowest BCUT2D eigenvalue weighted by atomic mass is 9.95. The van der Waals surface area contributed by atoms with Crippen molar-refractivity contribution < 1.29 is 9.47 Å². The van der Waals surface area contributed by atoms with Crippen LogP contribution in [0.2, 0.25) is 0 Å². The number of anilines is 1. The largest absolute Gasteiger partial charge is 0.399 e. The van der Waals surface area contributed by atoms with E-state index in [0.717, 1.165) is 31.6 Å². The molecule has 1 aliphatic carbocycles. The second-order valence-electron chi connectivity index (χ2n) is 4.97. The Balaban J connectivity index is 1.73. The van der Waals surface area contributed by atoms with Crippen LogP contribution in [-0.2, 0) is 15.9 Å². The summed E-state index contributed by atoms with van der Waals surface area (Å²) in [5.41, 5.74) is 7.95. The first-order valence-electron chi connectivity index (χ1n) is 6.77. The molecule has 2 N–H and O–H groups in total. The topological polar surface area (TPSA) is 44.5 Å². The third-order valence-corrected chi connectivity index (χ3v) is 3.69. The van der Waals surface area contributed by atoms with Crippen molar-refractivity contribution in [1.82, 2.24) is 0 Å². The average Bonchev–Trinajstić information content (AvgIpc) is 2.41. The highest BCUT2D eigenvalue weighted by molar-refractivity contribution is 5.46. The molecule has 0 aromatic heterocycles. The molecule has 3 nitrogen and oxygen atoms in total. The van der Waals surface area contributed by atoms with Crippen molar-refractivity contribution in [3.8, 4) is 0 Å². The molecule has 1 saturated carbocycles. The summed E-state index contributed by atoms with van der Waals surface area (Å²) >= 11 is 0. The van der Waals surface area contributed by atoms with Crippen molar-refractivity contribution in [2.45, 2.75) is 44.3 Å². The van der Waals surface area contributed by atoms with E-state index < -0.39 is 0 Å². The van der Waals surface area contributed by atoms with E-state index in [9.17, 15) is 0 Å². The van der Waals surface area contributed by atoms with Crippen LogP contribution in [0.4, 0.5) is 5.69 Å². The first-order valence-corrected chi connectivity index (χ1v) is 6.77. The molecule has 2 unspecified atom stereocenters. The van der Waals surface area contributed by atoms with E-state index in [1.807, 2.05) is 18.2 Å². The molecule has 0 amide bonds. The van der Waals surface area contributed by atoms with Crippen LogP contribution < -0.4 is 5.73 Å². The molecule has 1 aliphatic rings. The zero-order valence-electron chi connectivity index (χ0n) is 11.1. The van der Waals surface area contributed by atoms with Crippen molar-refractivity contribution in [3.63, 3.8) is 0 Å². The molecule has 0 bridgehead atoms. The van der Waals surface area contributed by atoms with Gasteiger partial charge in [-0.25, -0.2) is 0 Å². The van der Waals surface area contributed by atoms with Crippen LogP contribution in [0, 0.1) is 0 Å². The minimum Gasteiger partial charge on any atom is -0.399 e. The number of hydrogen-bond acceptors (Lipinski definition) is 3. The fraction of sp³-hybridized carbons (Fsp3) is 0.600. The summed E-state index contributed by atoms with van der Waals surface area (Å²) in [6.07, 6.45) is 6.18. The van der Waals surface area contributed by atoms with Gasteiger partial charge in [-0.05, 0) is 43.7 Å². The normalized spacial score (nSPS) is 24.1. The molecule has 0 spiro atoms. The molecular formula is C15H23NO2. The Morgan fingerprint density at radius 1 is 1.22 bits per heavy atom. The molecule has 100 valence electrons. The first kappa shape index (κ1) is 13.4. The van der Waals surface area contributed by atoms with Gasteiger partial charge in [0.25, 0.3) is 0 Å². The fourth-order valence-corrected chi connectivity index (χ4v) is 2.56. The van der Waals surface area contributed by atoms with Crippen LogP contribution in [0.5, 0.6) is 0 Å². The van der Waals surface area contributed by atoms with Crippen LogP contribution in [0.15, 0.2) is 24.3 Å². The SMILES string of the molecule is COC1CCCC(OCCc2ccccc2N)C1. The number of nitrogens with two attached hydrogens (primary N) is 1. The van der Waals surface area contributed by atoms with Gasteiger partial charge in [0.2, 0.25) is 0 Å². The molecule has 2 atom stereocenters. The van der Waals surface area contributed by atoms with Gasteiger partial charge in [0, 0.05) is 12.8 Å². The van der Waals surface area contributed by atoms with Crippen LogP contribution in [0.1, 0.15) is 31.2 Å². The summed E-state index contributed by atoms with van der Waals surface area (Å²) in [6, 6.07) is 7.99. The van der Waals surface area contributed by atoms with Crippen molar-refractivity contribution >= 4 is 5.69 Å². The van der Waals surface area contributed by atoms with Crippen molar-refractivity contribution in [3.05, 3.63) is 29.8 Å². The number of rotatable bonds is 5. The van der Waals surface area contributed by atoms with Gasteiger partial charge in [-0.15, -0.1) is 0 Å². The quantitative estimate of drug-likeness (QED) is 0.816. The Morgan fingerprint density at radius 3 is 2.78 bits per heavy atom. The fourth-order valence-electron chi connectivity index (χ4n) is 2.56. The van der Waals surface area contributed by atoms with E-state index in [1.54, 1.807) is 7.11 Å². The zero-order chi connectivity index (χ0) is 12.8. The second kappa shape index (κ2) is 6.76. The molecule has 0 heterocycles. The predicted octanol–water partition coefficient (Wildman–Crippen LogP) is 2.79. The summed E-state index contributed by atoms with van der Waals surface area (Å²) in [4.78, 5) is 0. The third kappa shape index (κ3) is 3.72. The maximum Gasteiger partial charge on any atom is 0.0600 e. The molecule has 1 fully saturated rings. The number of benzene rings is 1. The molecular weight excluding hydrogens is 226 g/mol. The number of methoxy groups -OCH3 is 1. The smallest absolute Gasteiger partial charge is 0.0600 e. The summed E-state index contributed by atoms with van der Waals surface area (Å²) < 4.78 is 11.3. The standard InChI is InChI=1S/C15H23NO2/c1-17-13-6-4-7-14(11-13)18-10-9-12-5-2-3-8-15(12)16/h2-3,5,8,13-14H,4,6-7,9-11,16H2,1H3.